The molecule has 0 aliphatic rings. The molecule has 2 aromatic heterocycles. The molecule has 0 saturated heterocycles. The summed E-state index contributed by atoms with van der Waals surface area (Å²) in [7, 11) is 4.08. The van der Waals surface area contributed by atoms with E-state index in [1.54, 1.807) is 0 Å². The molecule has 0 spiro atoms. The van der Waals surface area contributed by atoms with Gasteiger partial charge in [0.05, 0.1) is 0 Å². The van der Waals surface area contributed by atoms with Crippen molar-refractivity contribution >= 4 is 17.3 Å². The first-order valence-corrected chi connectivity index (χ1v) is 9.42. The number of aromatic nitrogens is 4. The molecule has 144 valence electrons. The molecule has 2 N–H and O–H groups in total. The Labute approximate surface area is 165 Å². The number of nitrogens with zero attached hydrogens (tertiary/aromatic N) is 4. The molecule has 0 aliphatic heterocycles. The second-order valence-electron chi connectivity index (χ2n) is 8.20. The third-order valence-electron chi connectivity index (χ3n) is 4.49. The van der Waals surface area contributed by atoms with Gasteiger partial charge in [-0.05, 0) is 32.9 Å². The monoisotopic (exact) mass is 374 g/mol. The first kappa shape index (κ1) is 18.1. The van der Waals surface area contributed by atoms with E-state index >= 15 is 0 Å². The van der Waals surface area contributed by atoms with E-state index in [9.17, 15) is 0 Å². The minimum Gasteiger partial charge on any atom is -0.378 e. The van der Waals surface area contributed by atoms with Crippen molar-refractivity contribution in [2.24, 2.45) is 0 Å². The van der Waals surface area contributed by atoms with E-state index in [0.29, 0.717) is 5.78 Å². The van der Waals surface area contributed by atoms with Gasteiger partial charge in [-0.3, -0.25) is 5.10 Å². The maximum absolute atomic E-state index is 4.83. The number of aromatic amines is 1. The number of anilines is 2. The number of rotatable bonds is 4. The number of hydrogen-bond donors (Lipinski definition) is 2. The van der Waals surface area contributed by atoms with Crippen LogP contribution in [0.25, 0.3) is 28.4 Å². The molecule has 0 bridgehead atoms. The number of hydrogen-bond acceptors (Lipinski definition) is 4. The highest BCUT2D eigenvalue weighted by Crippen LogP contribution is 2.32. The highest BCUT2D eigenvalue weighted by molar-refractivity contribution is 5.77. The SMILES string of the molecule is CN(C)c1ccc(-c2nc3nc(-c4ccccc4)[nH]n3c2NC(C)(C)C)cc1. The Morgan fingerprint density at radius 2 is 1.57 bits per heavy atom. The maximum Gasteiger partial charge on any atom is 0.253 e. The Balaban J connectivity index is 1.83. The number of fused-ring (bicyclic) bond motifs is 1. The van der Waals surface area contributed by atoms with Crippen LogP contribution in [0.1, 0.15) is 20.8 Å². The fourth-order valence-corrected chi connectivity index (χ4v) is 3.13. The first-order valence-electron chi connectivity index (χ1n) is 9.42. The van der Waals surface area contributed by atoms with Crippen molar-refractivity contribution in [2.45, 2.75) is 26.3 Å². The normalized spacial score (nSPS) is 11.8. The number of nitrogens with one attached hydrogen (secondary N) is 2. The zero-order valence-electron chi connectivity index (χ0n) is 17.0. The lowest BCUT2D eigenvalue weighted by Gasteiger charge is -2.22. The lowest BCUT2D eigenvalue weighted by atomic mass is 10.1. The van der Waals surface area contributed by atoms with Crippen LogP contribution in [0.5, 0.6) is 0 Å². The van der Waals surface area contributed by atoms with Crippen molar-refractivity contribution in [1.29, 1.82) is 0 Å². The van der Waals surface area contributed by atoms with Gasteiger partial charge in [-0.1, -0.05) is 42.5 Å². The van der Waals surface area contributed by atoms with E-state index in [-0.39, 0.29) is 5.54 Å². The summed E-state index contributed by atoms with van der Waals surface area (Å²) in [5, 5.41) is 6.99. The number of benzene rings is 2. The van der Waals surface area contributed by atoms with Gasteiger partial charge >= 0.3 is 0 Å². The summed E-state index contributed by atoms with van der Waals surface area (Å²) in [6.45, 7) is 6.42. The molecule has 0 aliphatic carbocycles. The molecule has 4 aromatic rings. The van der Waals surface area contributed by atoms with Gasteiger partial charge in [-0.25, -0.2) is 9.50 Å². The largest absolute Gasteiger partial charge is 0.378 e. The molecule has 0 atom stereocenters. The van der Waals surface area contributed by atoms with Gasteiger partial charge in [0.25, 0.3) is 5.78 Å². The predicted molar refractivity (Wildman–Crippen MR) is 116 cm³/mol. The van der Waals surface area contributed by atoms with Crippen molar-refractivity contribution in [3.8, 4) is 22.6 Å². The summed E-state index contributed by atoms with van der Waals surface area (Å²) in [4.78, 5) is 11.6. The van der Waals surface area contributed by atoms with Gasteiger partial charge < -0.3 is 10.2 Å². The Morgan fingerprint density at radius 1 is 0.893 bits per heavy atom. The first-order chi connectivity index (χ1) is 13.3. The summed E-state index contributed by atoms with van der Waals surface area (Å²) < 4.78 is 1.93. The van der Waals surface area contributed by atoms with E-state index in [2.05, 4.69) is 60.4 Å². The molecule has 0 saturated carbocycles. The molecule has 6 nitrogen and oxygen atoms in total. The van der Waals surface area contributed by atoms with Gasteiger partial charge in [-0.2, -0.15) is 4.98 Å². The standard InChI is InChI=1S/C22H26N6/c1-22(2,3)25-20-18(15-11-13-17(14-12-15)27(4)5)23-21-24-19(26-28(20)21)16-9-7-6-8-10-16/h6-14,25H,1-5H3,(H,23,24,26). The van der Waals surface area contributed by atoms with Crippen molar-refractivity contribution in [3.63, 3.8) is 0 Å². The van der Waals surface area contributed by atoms with Crippen molar-refractivity contribution < 1.29 is 0 Å². The van der Waals surface area contributed by atoms with E-state index in [0.717, 1.165) is 34.2 Å². The molecule has 6 heteroatoms. The molecule has 0 unspecified atom stereocenters. The van der Waals surface area contributed by atoms with Crippen LogP contribution >= 0.6 is 0 Å². The molecule has 2 aromatic carbocycles. The average molecular weight is 374 g/mol. The molecule has 0 amide bonds. The van der Waals surface area contributed by atoms with E-state index in [4.69, 9.17) is 9.97 Å². The molecule has 0 fully saturated rings. The minimum atomic E-state index is -0.119. The Morgan fingerprint density at radius 3 is 2.18 bits per heavy atom. The second-order valence-corrected chi connectivity index (χ2v) is 8.20. The predicted octanol–water partition coefficient (Wildman–Crippen LogP) is 4.67. The Kier molecular flexibility index (Phi) is 4.34. The van der Waals surface area contributed by atoms with Crippen LogP contribution in [0.3, 0.4) is 0 Å². The summed E-state index contributed by atoms with van der Waals surface area (Å²) in [5.74, 6) is 2.36. The van der Waals surface area contributed by atoms with Crippen LogP contribution < -0.4 is 10.2 Å². The molecular formula is C22H26N6. The van der Waals surface area contributed by atoms with Crippen molar-refractivity contribution in [3.05, 3.63) is 54.6 Å². The lowest BCUT2D eigenvalue weighted by molar-refractivity contribution is 0.627. The molecular weight excluding hydrogens is 348 g/mol. The van der Waals surface area contributed by atoms with Crippen molar-refractivity contribution in [2.75, 3.05) is 24.3 Å². The zero-order valence-corrected chi connectivity index (χ0v) is 17.0. The van der Waals surface area contributed by atoms with E-state index in [1.807, 2.05) is 48.9 Å². The fourth-order valence-electron chi connectivity index (χ4n) is 3.13. The number of imidazole rings is 1. The van der Waals surface area contributed by atoms with E-state index in [1.165, 1.54) is 0 Å². The highest BCUT2D eigenvalue weighted by Gasteiger charge is 2.22. The third kappa shape index (κ3) is 3.45. The second kappa shape index (κ2) is 6.71. The molecule has 0 radical (unpaired) electrons. The van der Waals surface area contributed by atoms with E-state index < -0.39 is 0 Å². The van der Waals surface area contributed by atoms with Crippen LogP contribution in [0.4, 0.5) is 11.5 Å². The molecule has 28 heavy (non-hydrogen) atoms. The minimum absolute atomic E-state index is 0.119. The lowest BCUT2D eigenvalue weighted by Crippen LogP contribution is -2.27. The average Bonchev–Trinajstić information content (AvgIpc) is 3.21. The topological polar surface area (TPSA) is 61.2 Å². The van der Waals surface area contributed by atoms with Gasteiger partial charge in [-0.15, -0.1) is 0 Å². The van der Waals surface area contributed by atoms with Gasteiger partial charge in [0.15, 0.2) is 11.6 Å². The molecule has 4 rings (SSSR count). The molecule has 2 heterocycles. The Bertz CT molecular complexity index is 1080. The van der Waals surface area contributed by atoms with Gasteiger partial charge in [0, 0.05) is 36.4 Å². The van der Waals surface area contributed by atoms with Gasteiger partial charge in [0.2, 0.25) is 0 Å². The maximum atomic E-state index is 4.83. The smallest absolute Gasteiger partial charge is 0.253 e. The Hall–Kier alpha value is -3.28. The van der Waals surface area contributed by atoms with Crippen LogP contribution in [0.2, 0.25) is 0 Å². The summed E-state index contributed by atoms with van der Waals surface area (Å²) in [5.41, 5.74) is 4.01. The summed E-state index contributed by atoms with van der Waals surface area (Å²) in [6, 6.07) is 18.5. The van der Waals surface area contributed by atoms with Crippen LogP contribution in [0, 0.1) is 0 Å². The zero-order chi connectivity index (χ0) is 19.9. The van der Waals surface area contributed by atoms with Crippen LogP contribution in [-0.2, 0) is 0 Å². The quantitative estimate of drug-likeness (QED) is 0.545. The summed E-state index contributed by atoms with van der Waals surface area (Å²) in [6.07, 6.45) is 0. The van der Waals surface area contributed by atoms with Crippen LogP contribution in [-0.4, -0.2) is 39.2 Å². The highest BCUT2D eigenvalue weighted by atomic mass is 15.4. The summed E-state index contributed by atoms with van der Waals surface area (Å²) >= 11 is 0. The third-order valence-corrected chi connectivity index (χ3v) is 4.49. The van der Waals surface area contributed by atoms with Gasteiger partial charge in [0.1, 0.15) is 5.69 Å². The fraction of sp³-hybridized carbons (Fsp3) is 0.273. The van der Waals surface area contributed by atoms with Crippen LogP contribution in [0.15, 0.2) is 54.6 Å². The van der Waals surface area contributed by atoms with Crippen molar-refractivity contribution in [1.82, 2.24) is 19.6 Å². The number of H-pyrrole nitrogens is 1.